The summed E-state index contributed by atoms with van der Waals surface area (Å²) in [6.45, 7) is 1.43. The van der Waals surface area contributed by atoms with Gasteiger partial charge in [-0.3, -0.25) is 4.79 Å². The third-order valence-corrected chi connectivity index (χ3v) is 3.00. The highest BCUT2D eigenvalue weighted by Crippen LogP contribution is 2.16. The van der Waals surface area contributed by atoms with Gasteiger partial charge in [0.25, 0.3) is 5.91 Å². The van der Waals surface area contributed by atoms with E-state index in [-0.39, 0.29) is 5.82 Å². The number of aromatic nitrogens is 1. The van der Waals surface area contributed by atoms with Gasteiger partial charge in [0.05, 0.1) is 11.9 Å². The minimum Gasteiger partial charge on any atom is -0.368 e. The monoisotopic (exact) mass is 318 g/mol. The molecule has 0 unspecified atom stereocenters. The molecule has 1 aromatic rings. The Kier molecular flexibility index (Phi) is 5.56. The van der Waals surface area contributed by atoms with Crippen molar-refractivity contribution in [3.63, 3.8) is 0 Å². The van der Waals surface area contributed by atoms with Crippen LogP contribution in [0.25, 0.3) is 0 Å². The lowest BCUT2D eigenvalue weighted by Crippen LogP contribution is -2.43. The molecule has 0 aliphatic carbocycles. The molecule has 0 bridgehead atoms. The van der Waals surface area contributed by atoms with E-state index in [0.717, 1.165) is 31.9 Å². The van der Waals surface area contributed by atoms with Gasteiger partial charge in [-0.2, -0.15) is 13.2 Å². The molecule has 2 heterocycles. The number of carbonyl (C=O) groups excluding carboxylic acids is 1. The first-order valence-electron chi connectivity index (χ1n) is 6.80. The van der Waals surface area contributed by atoms with E-state index >= 15 is 0 Å². The van der Waals surface area contributed by atoms with Gasteiger partial charge in [-0.05, 0) is 12.1 Å². The smallest absolute Gasteiger partial charge is 0.368 e. The third-order valence-electron chi connectivity index (χ3n) is 3.00. The fourth-order valence-corrected chi connectivity index (χ4v) is 2.01. The Balaban J connectivity index is 1.79. The number of nitrogens with one attached hydrogen (secondary N) is 2. The molecule has 0 saturated carbocycles. The molecule has 6 nitrogen and oxygen atoms in total. The topological polar surface area (TPSA) is 66.5 Å². The van der Waals surface area contributed by atoms with Gasteiger partial charge in [-0.1, -0.05) is 0 Å². The molecular formula is C13H17F3N4O2. The van der Waals surface area contributed by atoms with Crippen molar-refractivity contribution >= 4 is 17.4 Å². The number of carbonyl (C=O) groups is 1. The lowest BCUT2D eigenvalue weighted by Gasteiger charge is -2.29. The number of piperazine rings is 1. The van der Waals surface area contributed by atoms with Crippen molar-refractivity contribution in [2.75, 3.05) is 49.6 Å². The Morgan fingerprint density at radius 1 is 1.36 bits per heavy atom. The summed E-state index contributed by atoms with van der Waals surface area (Å²) in [6.07, 6.45) is -2.82. The number of alkyl halides is 3. The van der Waals surface area contributed by atoms with E-state index in [0.29, 0.717) is 0 Å². The fourth-order valence-electron chi connectivity index (χ4n) is 2.01. The van der Waals surface area contributed by atoms with E-state index in [4.69, 9.17) is 0 Å². The first-order valence-corrected chi connectivity index (χ1v) is 6.80. The number of amides is 1. The van der Waals surface area contributed by atoms with Crippen LogP contribution in [0.4, 0.5) is 24.7 Å². The van der Waals surface area contributed by atoms with Crippen LogP contribution in [0.2, 0.25) is 0 Å². The lowest BCUT2D eigenvalue weighted by atomic mass is 10.3. The van der Waals surface area contributed by atoms with Crippen LogP contribution >= 0.6 is 0 Å². The number of pyridine rings is 1. The van der Waals surface area contributed by atoms with Gasteiger partial charge in [-0.25, -0.2) is 4.98 Å². The minimum atomic E-state index is -4.44. The zero-order chi connectivity index (χ0) is 16.0. The summed E-state index contributed by atoms with van der Waals surface area (Å²) in [5.41, 5.74) is 0.938. The van der Waals surface area contributed by atoms with Crippen molar-refractivity contribution in [3.05, 3.63) is 18.3 Å². The molecule has 1 saturated heterocycles. The van der Waals surface area contributed by atoms with Gasteiger partial charge in [0.15, 0.2) is 0 Å². The van der Waals surface area contributed by atoms with E-state index < -0.39 is 25.3 Å². The Hall–Kier alpha value is -1.87. The maximum Gasteiger partial charge on any atom is 0.411 e. The highest BCUT2D eigenvalue weighted by atomic mass is 19.4. The number of anilines is 2. The second kappa shape index (κ2) is 7.41. The van der Waals surface area contributed by atoms with Crippen LogP contribution in [-0.4, -0.2) is 56.5 Å². The average molecular weight is 318 g/mol. The average Bonchev–Trinajstić information content (AvgIpc) is 2.47. The Morgan fingerprint density at radius 2 is 2.09 bits per heavy atom. The van der Waals surface area contributed by atoms with Gasteiger partial charge >= 0.3 is 6.18 Å². The zero-order valence-electron chi connectivity index (χ0n) is 11.8. The van der Waals surface area contributed by atoms with Gasteiger partial charge in [0.2, 0.25) is 0 Å². The van der Waals surface area contributed by atoms with Crippen LogP contribution in [0.5, 0.6) is 0 Å². The predicted molar refractivity (Wildman–Crippen MR) is 74.8 cm³/mol. The van der Waals surface area contributed by atoms with Crippen molar-refractivity contribution in [1.82, 2.24) is 10.3 Å². The molecule has 9 heteroatoms. The van der Waals surface area contributed by atoms with Crippen LogP contribution in [0, 0.1) is 0 Å². The maximum atomic E-state index is 11.9. The second-order valence-electron chi connectivity index (χ2n) is 4.79. The van der Waals surface area contributed by atoms with Crippen LogP contribution in [-0.2, 0) is 9.53 Å². The summed E-state index contributed by atoms with van der Waals surface area (Å²) in [6, 6.07) is 3.42. The quantitative estimate of drug-likeness (QED) is 0.848. The van der Waals surface area contributed by atoms with E-state index in [1.165, 1.54) is 0 Å². The summed E-state index contributed by atoms with van der Waals surface area (Å²) in [5.74, 6) is -0.397. The van der Waals surface area contributed by atoms with E-state index in [2.05, 4.69) is 25.3 Å². The summed E-state index contributed by atoms with van der Waals surface area (Å²) in [4.78, 5) is 17.7. The fraction of sp³-hybridized carbons (Fsp3) is 0.538. The molecule has 0 spiro atoms. The SMILES string of the molecule is O=C(COCC(F)(F)F)Nc1ccc(N2CCNCC2)cn1. The Morgan fingerprint density at radius 3 is 2.68 bits per heavy atom. The molecule has 1 aromatic heterocycles. The van der Waals surface area contributed by atoms with Gasteiger partial charge < -0.3 is 20.3 Å². The molecule has 0 atom stereocenters. The molecule has 0 radical (unpaired) electrons. The summed E-state index contributed by atoms with van der Waals surface area (Å²) < 4.78 is 39.9. The van der Waals surface area contributed by atoms with E-state index in [1.54, 1.807) is 12.3 Å². The van der Waals surface area contributed by atoms with Crippen LogP contribution in [0.3, 0.4) is 0 Å². The molecule has 0 aromatic carbocycles. The van der Waals surface area contributed by atoms with Gasteiger partial charge in [-0.15, -0.1) is 0 Å². The molecule has 1 fully saturated rings. The van der Waals surface area contributed by atoms with Crippen LogP contribution < -0.4 is 15.5 Å². The number of halogens is 3. The van der Waals surface area contributed by atoms with Crippen molar-refractivity contribution in [1.29, 1.82) is 0 Å². The molecule has 1 aliphatic rings. The van der Waals surface area contributed by atoms with E-state index in [1.807, 2.05) is 6.07 Å². The van der Waals surface area contributed by atoms with Crippen LogP contribution in [0.15, 0.2) is 18.3 Å². The van der Waals surface area contributed by atoms with Crippen LogP contribution in [0.1, 0.15) is 0 Å². The largest absolute Gasteiger partial charge is 0.411 e. The second-order valence-corrected chi connectivity index (χ2v) is 4.79. The summed E-state index contributed by atoms with van der Waals surface area (Å²) >= 11 is 0. The van der Waals surface area contributed by atoms with Crippen molar-refractivity contribution in [2.24, 2.45) is 0 Å². The normalized spacial score (nSPS) is 15.7. The van der Waals surface area contributed by atoms with Crippen molar-refractivity contribution in [3.8, 4) is 0 Å². The van der Waals surface area contributed by atoms with Gasteiger partial charge in [0.1, 0.15) is 19.0 Å². The first kappa shape index (κ1) is 16.5. The molecule has 2 rings (SSSR count). The first-order chi connectivity index (χ1) is 10.4. The minimum absolute atomic E-state index is 0.277. The Bertz CT molecular complexity index is 487. The zero-order valence-corrected chi connectivity index (χ0v) is 11.8. The number of nitrogens with zero attached hydrogens (tertiary/aromatic N) is 2. The molecule has 1 aliphatic heterocycles. The molecule has 1 amide bonds. The number of hydrogen-bond donors (Lipinski definition) is 2. The maximum absolute atomic E-state index is 11.9. The highest BCUT2D eigenvalue weighted by molar-refractivity contribution is 5.90. The predicted octanol–water partition coefficient (Wildman–Crippen LogP) is 1.01. The standard InChI is InChI=1S/C13H17F3N4O2/c14-13(15,16)9-22-8-12(21)19-11-2-1-10(7-18-11)20-5-3-17-4-6-20/h1-2,7,17H,3-6,8-9H2,(H,18,19,21). The van der Waals surface area contributed by atoms with E-state index in [9.17, 15) is 18.0 Å². The lowest BCUT2D eigenvalue weighted by molar-refractivity contribution is -0.174. The van der Waals surface area contributed by atoms with Crippen molar-refractivity contribution < 1.29 is 22.7 Å². The third kappa shape index (κ3) is 5.49. The van der Waals surface area contributed by atoms with Gasteiger partial charge in [0, 0.05) is 26.2 Å². The number of ether oxygens (including phenoxy) is 1. The highest BCUT2D eigenvalue weighted by Gasteiger charge is 2.27. The summed E-state index contributed by atoms with van der Waals surface area (Å²) in [7, 11) is 0. The number of hydrogen-bond acceptors (Lipinski definition) is 5. The molecule has 22 heavy (non-hydrogen) atoms. The van der Waals surface area contributed by atoms with Crippen molar-refractivity contribution in [2.45, 2.75) is 6.18 Å². The summed E-state index contributed by atoms with van der Waals surface area (Å²) in [5, 5.41) is 5.62. The Labute approximate surface area is 125 Å². The molecular weight excluding hydrogens is 301 g/mol. The molecule has 122 valence electrons. The number of rotatable bonds is 5. The molecule has 2 N–H and O–H groups in total.